The van der Waals surface area contributed by atoms with E-state index in [1.165, 1.54) is 0 Å². The molecular weight excluding hydrogens is 206 g/mol. The van der Waals surface area contributed by atoms with Crippen molar-refractivity contribution < 1.29 is 4.74 Å². The van der Waals surface area contributed by atoms with E-state index in [4.69, 9.17) is 4.74 Å². The number of hydrogen-bond donors (Lipinski definition) is 1. The molecule has 0 atom stereocenters. The summed E-state index contributed by atoms with van der Waals surface area (Å²) in [4.78, 5) is 0. The third kappa shape index (κ3) is 1.18. The Morgan fingerprint density at radius 2 is 2.71 bits per heavy atom. The van der Waals surface area contributed by atoms with E-state index in [1.807, 2.05) is 6.20 Å². The van der Waals surface area contributed by atoms with Crippen molar-refractivity contribution in [2.24, 2.45) is 0 Å². The molecule has 0 aliphatic carbocycles. The van der Waals surface area contributed by atoms with Crippen molar-refractivity contribution in [1.82, 2.24) is 5.32 Å². The van der Waals surface area contributed by atoms with Crippen LogP contribution in [0.2, 0.25) is 0 Å². The summed E-state index contributed by atoms with van der Waals surface area (Å²) in [6.45, 7) is 0. The number of methoxy groups -OCH3 is 1. The van der Waals surface area contributed by atoms with Crippen LogP contribution in [0.25, 0.3) is 0 Å². The van der Waals surface area contributed by atoms with Crippen molar-refractivity contribution in [2.75, 3.05) is 7.11 Å². The van der Waals surface area contributed by atoms with Crippen LogP contribution in [0.15, 0.2) is 10.0 Å². The van der Waals surface area contributed by atoms with Gasteiger partial charge in [-0.2, -0.15) is 0 Å². The molecule has 0 aromatic heterocycles. The summed E-state index contributed by atoms with van der Waals surface area (Å²) >= 11 is -0.0726. The molecule has 1 N–H and O–H groups in total. The van der Waals surface area contributed by atoms with Crippen molar-refractivity contribution in [1.29, 1.82) is 0 Å². The van der Waals surface area contributed by atoms with Crippen LogP contribution in [0.1, 0.15) is 0 Å². The molecule has 1 heterocycles. The van der Waals surface area contributed by atoms with Crippen LogP contribution in [0.4, 0.5) is 0 Å². The average molecular weight is 212 g/mol. The SMILES string of the molecule is COC1=CNC=[Te]1. The van der Waals surface area contributed by atoms with E-state index in [-0.39, 0.29) is 20.5 Å². The van der Waals surface area contributed by atoms with Gasteiger partial charge >= 0.3 is 51.8 Å². The fourth-order valence-electron chi connectivity index (χ4n) is 0.335. The van der Waals surface area contributed by atoms with Crippen molar-refractivity contribution in [3.05, 3.63) is 10.0 Å². The predicted octanol–water partition coefficient (Wildman–Crippen LogP) is -0.501. The van der Waals surface area contributed by atoms with Gasteiger partial charge in [-0.3, -0.25) is 0 Å². The fourth-order valence-corrected chi connectivity index (χ4v) is 1.72. The van der Waals surface area contributed by atoms with Crippen LogP contribution in [0.5, 0.6) is 0 Å². The topological polar surface area (TPSA) is 21.3 Å². The molecular formula is C4H6NOTe. The van der Waals surface area contributed by atoms with Gasteiger partial charge in [0.25, 0.3) is 0 Å². The normalized spacial score (nSPS) is 15.9. The first-order valence-electron chi connectivity index (χ1n) is 1.92. The Morgan fingerprint density at radius 3 is 3.00 bits per heavy atom. The Kier molecular flexibility index (Phi) is 1.72. The van der Waals surface area contributed by atoms with Gasteiger partial charge in [-0.15, -0.1) is 0 Å². The van der Waals surface area contributed by atoms with E-state index >= 15 is 0 Å². The minimum atomic E-state index is -0.0726. The van der Waals surface area contributed by atoms with Crippen LogP contribution < -0.4 is 5.32 Å². The van der Waals surface area contributed by atoms with E-state index < -0.39 is 0 Å². The van der Waals surface area contributed by atoms with Gasteiger partial charge < -0.3 is 0 Å². The molecule has 0 aromatic carbocycles. The quantitative estimate of drug-likeness (QED) is 0.591. The first kappa shape index (κ1) is 5.14. The molecule has 3 heteroatoms. The van der Waals surface area contributed by atoms with Crippen molar-refractivity contribution in [2.45, 2.75) is 0 Å². The summed E-state index contributed by atoms with van der Waals surface area (Å²) in [6.07, 6.45) is 1.90. The molecule has 0 spiro atoms. The number of hydrogen-bond acceptors (Lipinski definition) is 2. The van der Waals surface area contributed by atoms with Crippen LogP contribution >= 0.6 is 0 Å². The summed E-state index contributed by atoms with van der Waals surface area (Å²) in [5.74, 6) is 0. The third-order valence-corrected chi connectivity index (χ3v) is 2.85. The van der Waals surface area contributed by atoms with Gasteiger partial charge in [0.05, 0.1) is 0 Å². The molecule has 7 heavy (non-hydrogen) atoms. The Hall–Kier alpha value is -0.000390. The first-order valence-corrected chi connectivity index (χ1v) is 4.43. The second-order valence-electron chi connectivity index (χ2n) is 1.07. The molecule has 0 unspecified atom stereocenters. The summed E-state index contributed by atoms with van der Waals surface area (Å²) in [5, 5.41) is 2.97. The van der Waals surface area contributed by atoms with Gasteiger partial charge in [0.15, 0.2) is 0 Å². The minimum absolute atomic E-state index is 0.0726. The van der Waals surface area contributed by atoms with Crippen LogP contribution in [-0.4, -0.2) is 31.7 Å². The van der Waals surface area contributed by atoms with Gasteiger partial charge in [0.1, 0.15) is 0 Å². The second kappa shape index (κ2) is 2.34. The number of ether oxygens (including phenoxy) is 1. The van der Waals surface area contributed by atoms with Gasteiger partial charge in [-0.25, -0.2) is 0 Å². The zero-order valence-electron chi connectivity index (χ0n) is 3.97. The molecule has 2 nitrogen and oxygen atoms in total. The van der Waals surface area contributed by atoms with Crippen molar-refractivity contribution >= 4 is 24.6 Å². The summed E-state index contributed by atoms with van der Waals surface area (Å²) in [5.41, 5.74) is 0. The second-order valence-corrected chi connectivity index (χ2v) is 3.56. The summed E-state index contributed by atoms with van der Waals surface area (Å²) in [7, 11) is 1.71. The Bertz CT molecular complexity index is 119. The molecule has 0 bridgehead atoms. The zero-order chi connectivity index (χ0) is 5.11. The van der Waals surface area contributed by atoms with Crippen molar-refractivity contribution in [3.8, 4) is 0 Å². The monoisotopic (exact) mass is 214 g/mol. The first-order chi connectivity index (χ1) is 3.43. The average Bonchev–Trinajstić information content (AvgIpc) is 2.14. The number of nitrogens with one attached hydrogen (secondary N) is 1. The standard InChI is InChI=1S/C4H6NOTe/c1-6-4-2-5-3-7-4/h2-3,5H,1H3. The van der Waals surface area contributed by atoms with E-state index in [9.17, 15) is 0 Å². The summed E-state index contributed by atoms with van der Waals surface area (Å²) in [6, 6.07) is 0. The van der Waals surface area contributed by atoms with E-state index in [2.05, 4.69) is 9.49 Å². The molecule has 0 saturated carbocycles. The third-order valence-electron chi connectivity index (χ3n) is 0.645. The molecule has 0 fully saturated rings. The maximum atomic E-state index is 4.94. The Balaban J connectivity index is 2.52. The molecule has 39 valence electrons. The van der Waals surface area contributed by atoms with E-state index in [1.54, 1.807) is 7.11 Å². The molecule has 0 aromatic rings. The zero-order valence-corrected chi connectivity index (χ0v) is 6.30. The molecule has 1 aliphatic rings. The van der Waals surface area contributed by atoms with Crippen molar-refractivity contribution in [3.63, 3.8) is 0 Å². The van der Waals surface area contributed by atoms with Crippen LogP contribution in [-0.2, 0) is 4.74 Å². The number of rotatable bonds is 1. The van der Waals surface area contributed by atoms with Gasteiger partial charge in [0.2, 0.25) is 0 Å². The molecule has 0 saturated heterocycles. The Labute approximate surface area is 52.1 Å². The van der Waals surface area contributed by atoms with Crippen LogP contribution in [0, 0.1) is 0 Å². The fraction of sp³-hybridized carbons (Fsp3) is 0.250. The predicted molar refractivity (Wildman–Crippen MR) is 30.0 cm³/mol. The maximum absolute atomic E-state index is 4.94. The molecule has 1 rings (SSSR count). The van der Waals surface area contributed by atoms with Gasteiger partial charge in [0, 0.05) is 0 Å². The van der Waals surface area contributed by atoms with E-state index in [0.29, 0.717) is 0 Å². The van der Waals surface area contributed by atoms with Gasteiger partial charge in [-0.05, 0) is 0 Å². The Morgan fingerprint density at radius 1 is 1.86 bits per heavy atom. The molecule has 1 aliphatic heterocycles. The molecule has 1 radical (unpaired) electrons. The van der Waals surface area contributed by atoms with Gasteiger partial charge in [-0.1, -0.05) is 0 Å². The molecule has 0 amide bonds. The van der Waals surface area contributed by atoms with E-state index in [0.717, 1.165) is 3.81 Å². The summed E-state index contributed by atoms with van der Waals surface area (Å²) < 4.78 is 8.14. The van der Waals surface area contributed by atoms with Crippen LogP contribution in [0.3, 0.4) is 0 Å².